The third-order valence-electron chi connectivity index (χ3n) is 7.69. The van der Waals surface area contributed by atoms with Gasteiger partial charge in [0.15, 0.2) is 0 Å². The highest BCUT2D eigenvalue weighted by molar-refractivity contribution is 5.90. The number of nitrogens with one attached hydrogen (secondary N) is 1. The second-order valence-corrected chi connectivity index (χ2v) is 9.99. The number of nitriles is 1. The van der Waals surface area contributed by atoms with Gasteiger partial charge in [-0.3, -0.25) is 4.79 Å². The van der Waals surface area contributed by atoms with Crippen molar-refractivity contribution < 1.29 is 29.0 Å². The fraction of sp³-hybridized carbons (Fsp3) is 0.290. The lowest BCUT2D eigenvalue weighted by atomic mass is 9.64. The van der Waals surface area contributed by atoms with Gasteiger partial charge < -0.3 is 20.4 Å². The van der Waals surface area contributed by atoms with Crippen LogP contribution in [0.15, 0.2) is 72.8 Å². The Labute approximate surface area is 231 Å². The van der Waals surface area contributed by atoms with Crippen molar-refractivity contribution in [3.8, 4) is 6.07 Å². The molecule has 0 aromatic heterocycles. The van der Waals surface area contributed by atoms with E-state index in [1.54, 1.807) is 0 Å². The molecule has 0 saturated carbocycles. The van der Waals surface area contributed by atoms with Gasteiger partial charge in [0.1, 0.15) is 5.82 Å². The van der Waals surface area contributed by atoms with Crippen LogP contribution in [0.2, 0.25) is 0 Å². The van der Waals surface area contributed by atoms with Crippen LogP contribution in [-0.4, -0.2) is 52.6 Å². The Hall–Kier alpha value is -4.55. The van der Waals surface area contributed by atoms with Crippen molar-refractivity contribution in [3.05, 3.63) is 95.3 Å². The lowest BCUT2D eigenvalue weighted by Crippen LogP contribution is -2.47. The summed E-state index contributed by atoms with van der Waals surface area (Å²) >= 11 is 0. The van der Waals surface area contributed by atoms with E-state index in [2.05, 4.69) is 17.5 Å². The predicted molar refractivity (Wildman–Crippen MR) is 147 cm³/mol. The van der Waals surface area contributed by atoms with E-state index in [0.717, 1.165) is 54.3 Å². The molecule has 1 amide bonds. The maximum atomic E-state index is 13.7. The van der Waals surface area contributed by atoms with Crippen molar-refractivity contribution in [3.63, 3.8) is 0 Å². The molecule has 40 heavy (non-hydrogen) atoms. The molecule has 2 heterocycles. The molecular formula is C31H30FN3O5. The minimum atomic E-state index is -1.26. The standard InChI is InChI=1S/C27H26FN3O.C4H4O4/c28-23-7-5-22(6-8-23)27(10-12-30-13-11-27)25-9-14-31(26(25)32)18-21-16-19(17-29)15-20-3-1-2-4-24(20)21;5-3(6)1-2-4(7)8/h1-8,15-16,25,30H,9-14,18H2;1-2H,(H,5,6)(H,7,8)/b;2-1+. The largest absolute Gasteiger partial charge is 0.478 e. The first kappa shape index (κ1) is 28.5. The van der Waals surface area contributed by atoms with Crippen molar-refractivity contribution in [2.45, 2.75) is 31.2 Å². The molecule has 1 unspecified atom stereocenters. The molecule has 3 aromatic carbocycles. The van der Waals surface area contributed by atoms with Gasteiger partial charge in [0.05, 0.1) is 11.6 Å². The maximum absolute atomic E-state index is 13.7. The number of amides is 1. The Morgan fingerprint density at radius 1 is 1.05 bits per heavy atom. The van der Waals surface area contributed by atoms with Crippen LogP contribution >= 0.6 is 0 Å². The van der Waals surface area contributed by atoms with Crippen molar-refractivity contribution in [2.24, 2.45) is 5.92 Å². The summed E-state index contributed by atoms with van der Waals surface area (Å²) in [4.78, 5) is 34.8. The minimum absolute atomic E-state index is 0.111. The lowest BCUT2D eigenvalue weighted by molar-refractivity contribution is -0.134. The van der Waals surface area contributed by atoms with E-state index in [0.29, 0.717) is 30.8 Å². The number of carboxylic acids is 2. The molecule has 0 spiro atoms. The van der Waals surface area contributed by atoms with Crippen molar-refractivity contribution in [2.75, 3.05) is 19.6 Å². The Balaban J connectivity index is 0.000000406. The van der Waals surface area contributed by atoms with E-state index < -0.39 is 11.9 Å². The Morgan fingerprint density at radius 2 is 1.70 bits per heavy atom. The maximum Gasteiger partial charge on any atom is 0.328 e. The molecule has 0 bridgehead atoms. The number of carbonyl (C=O) groups excluding carboxylic acids is 1. The van der Waals surface area contributed by atoms with Crippen LogP contribution in [0.5, 0.6) is 0 Å². The Kier molecular flexibility index (Phi) is 8.92. The van der Waals surface area contributed by atoms with Crippen LogP contribution < -0.4 is 5.32 Å². The van der Waals surface area contributed by atoms with Gasteiger partial charge in [-0.1, -0.05) is 36.4 Å². The van der Waals surface area contributed by atoms with Gasteiger partial charge in [-0.25, -0.2) is 14.0 Å². The number of hydrogen-bond donors (Lipinski definition) is 3. The smallest absolute Gasteiger partial charge is 0.328 e. The number of piperidine rings is 1. The summed E-state index contributed by atoms with van der Waals surface area (Å²) in [5.74, 6) is -2.70. The van der Waals surface area contributed by atoms with Crippen LogP contribution in [0.3, 0.4) is 0 Å². The van der Waals surface area contributed by atoms with Crippen LogP contribution in [0.1, 0.15) is 36.0 Å². The zero-order valence-electron chi connectivity index (χ0n) is 21.8. The monoisotopic (exact) mass is 543 g/mol. The number of halogens is 1. The van der Waals surface area contributed by atoms with Gasteiger partial charge in [0.2, 0.25) is 5.91 Å². The Morgan fingerprint density at radius 3 is 2.33 bits per heavy atom. The highest BCUT2D eigenvalue weighted by atomic mass is 19.1. The van der Waals surface area contributed by atoms with Crippen LogP contribution in [0, 0.1) is 23.1 Å². The van der Waals surface area contributed by atoms with E-state index in [4.69, 9.17) is 10.2 Å². The summed E-state index contributed by atoms with van der Waals surface area (Å²) in [6.07, 6.45) is 3.65. The third-order valence-corrected chi connectivity index (χ3v) is 7.69. The second-order valence-electron chi connectivity index (χ2n) is 9.99. The fourth-order valence-electron chi connectivity index (χ4n) is 5.84. The normalized spacial score (nSPS) is 18.2. The molecule has 2 fully saturated rings. The van der Waals surface area contributed by atoms with E-state index in [1.165, 1.54) is 12.1 Å². The molecule has 2 aliphatic heterocycles. The number of fused-ring (bicyclic) bond motifs is 1. The summed E-state index contributed by atoms with van der Waals surface area (Å²) in [5, 5.41) is 30.6. The van der Waals surface area contributed by atoms with E-state index in [1.807, 2.05) is 47.4 Å². The van der Waals surface area contributed by atoms with E-state index in [-0.39, 0.29) is 23.1 Å². The first-order valence-electron chi connectivity index (χ1n) is 13.0. The van der Waals surface area contributed by atoms with Crippen LogP contribution in [-0.2, 0) is 26.3 Å². The van der Waals surface area contributed by atoms with Gasteiger partial charge >= 0.3 is 11.9 Å². The van der Waals surface area contributed by atoms with Crippen molar-refractivity contribution >= 4 is 28.6 Å². The number of aliphatic carboxylic acids is 2. The van der Waals surface area contributed by atoms with Crippen LogP contribution in [0.4, 0.5) is 4.39 Å². The summed E-state index contributed by atoms with van der Waals surface area (Å²) in [6, 6.07) is 20.8. The predicted octanol–water partition coefficient (Wildman–Crippen LogP) is 4.23. The average molecular weight is 544 g/mol. The number of carbonyl (C=O) groups is 3. The molecule has 0 radical (unpaired) electrons. The number of rotatable bonds is 6. The molecule has 8 nitrogen and oxygen atoms in total. The molecule has 2 aliphatic rings. The molecule has 1 atom stereocenters. The van der Waals surface area contributed by atoms with Gasteiger partial charge in [0, 0.05) is 36.6 Å². The first-order valence-corrected chi connectivity index (χ1v) is 13.0. The zero-order valence-corrected chi connectivity index (χ0v) is 21.8. The van der Waals surface area contributed by atoms with Gasteiger partial charge in [-0.2, -0.15) is 5.26 Å². The molecule has 0 aliphatic carbocycles. The molecule has 3 N–H and O–H groups in total. The number of carboxylic acid groups (broad SMARTS) is 2. The van der Waals surface area contributed by atoms with Gasteiger partial charge in [0.25, 0.3) is 0 Å². The van der Waals surface area contributed by atoms with Crippen molar-refractivity contribution in [1.29, 1.82) is 5.26 Å². The highest BCUT2D eigenvalue weighted by Gasteiger charge is 2.49. The summed E-state index contributed by atoms with van der Waals surface area (Å²) in [7, 11) is 0. The lowest BCUT2D eigenvalue weighted by Gasteiger charge is -2.42. The Bertz CT molecular complexity index is 1460. The number of likely N-dealkylation sites (tertiary alicyclic amines) is 1. The third kappa shape index (κ3) is 6.35. The molecule has 5 rings (SSSR count). The van der Waals surface area contributed by atoms with E-state index in [9.17, 15) is 24.0 Å². The number of hydrogen-bond acceptors (Lipinski definition) is 5. The molecular weight excluding hydrogens is 513 g/mol. The first-order chi connectivity index (χ1) is 19.2. The molecule has 2 saturated heterocycles. The summed E-state index contributed by atoms with van der Waals surface area (Å²) in [6.45, 7) is 2.92. The molecule has 9 heteroatoms. The average Bonchev–Trinajstić information content (AvgIpc) is 3.33. The second kappa shape index (κ2) is 12.5. The topological polar surface area (TPSA) is 131 Å². The molecule has 206 valence electrons. The summed E-state index contributed by atoms with van der Waals surface area (Å²) < 4.78 is 13.6. The van der Waals surface area contributed by atoms with Crippen molar-refractivity contribution in [1.82, 2.24) is 10.2 Å². The minimum Gasteiger partial charge on any atom is -0.478 e. The quantitative estimate of drug-likeness (QED) is 0.397. The number of benzene rings is 3. The SMILES string of the molecule is N#Cc1cc(CN2CCC(C3(c4ccc(F)cc4)CCNCC3)C2=O)c2ccccc2c1.O=C(O)/C=C/C(=O)O. The van der Waals surface area contributed by atoms with Gasteiger partial charge in [-0.05, 0) is 78.5 Å². The highest BCUT2D eigenvalue weighted by Crippen LogP contribution is 2.45. The van der Waals surface area contributed by atoms with E-state index >= 15 is 0 Å². The molecule has 3 aromatic rings. The van der Waals surface area contributed by atoms with Gasteiger partial charge in [-0.15, -0.1) is 0 Å². The van der Waals surface area contributed by atoms with Crippen LogP contribution in [0.25, 0.3) is 10.8 Å². The zero-order chi connectivity index (χ0) is 28.7. The fourth-order valence-corrected chi connectivity index (χ4v) is 5.84. The number of nitrogens with zero attached hydrogens (tertiary/aromatic N) is 2. The summed E-state index contributed by atoms with van der Waals surface area (Å²) in [5.41, 5.74) is 2.43.